The number of amides is 1. The molecule has 0 aromatic rings. The number of piperazine rings is 1. The fourth-order valence-corrected chi connectivity index (χ4v) is 1.30. The Morgan fingerprint density at radius 1 is 1.38 bits per heavy atom. The van der Waals surface area contributed by atoms with Crippen LogP contribution in [0.25, 0.3) is 0 Å². The van der Waals surface area contributed by atoms with Gasteiger partial charge in [0.1, 0.15) is 0 Å². The normalized spacial score (nSPS) is 18.8. The van der Waals surface area contributed by atoms with Crippen molar-refractivity contribution in [1.29, 1.82) is 0 Å². The number of hydrogen-bond donors (Lipinski definition) is 1. The number of aliphatic hydroxyl groups is 1. The zero-order valence-corrected chi connectivity index (χ0v) is 7.99. The second-order valence-corrected chi connectivity index (χ2v) is 3.36. The van der Waals surface area contributed by atoms with Crippen LogP contribution >= 0.6 is 0 Å². The van der Waals surface area contributed by atoms with Crippen molar-refractivity contribution in [2.45, 2.75) is 0 Å². The Morgan fingerprint density at radius 3 is 2.38 bits per heavy atom. The number of aliphatic hydroxyl groups excluding tert-OH is 1. The maximum absolute atomic E-state index is 11.5. The van der Waals surface area contributed by atoms with Crippen LogP contribution in [0, 0.1) is 0 Å². The van der Waals surface area contributed by atoms with Crippen molar-refractivity contribution < 1.29 is 9.90 Å². The maximum atomic E-state index is 11.5. The lowest BCUT2D eigenvalue weighted by atomic mass is 10.2. The predicted octanol–water partition coefficient (Wildman–Crippen LogP) is -0.691. The van der Waals surface area contributed by atoms with Crippen molar-refractivity contribution in [3.8, 4) is 0 Å². The Kier molecular flexibility index (Phi) is 3.45. The molecule has 0 aromatic heterocycles. The number of carbonyl (C=O) groups is 1. The lowest BCUT2D eigenvalue weighted by Gasteiger charge is -2.32. The van der Waals surface area contributed by atoms with E-state index in [-0.39, 0.29) is 18.1 Å². The first-order chi connectivity index (χ1) is 6.15. The van der Waals surface area contributed by atoms with E-state index < -0.39 is 0 Å². The minimum absolute atomic E-state index is 0.115. The van der Waals surface area contributed by atoms with Gasteiger partial charge in [-0.15, -0.1) is 0 Å². The molecule has 0 bridgehead atoms. The van der Waals surface area contributed by atoms with Gasteiger partial charge in [0.25, 0.3) is 5.91 Å². The van der Waals surface area contributed by atoms with Crippen molar-refractivity contribution in [1.82, 2.24) is 9.80 Å². The Labute approximate surface area is 78.4 Å². The molecular weight excluding hydrogens is 168 g/mol. The first-order valence-corrected chi connectivity index (χ1v) is 4.41. The van der Waals surface area contributed by atoms with Crippen LogP contribution < -0.4 is 0 Å². The molecule has 1 heterocycles. The van der Waals surface area contributed by atoms with Gasteiger partial charge in [0, 0.05) is 31.8 Å². The highest BCUT2D eigenvalue weighted by atomic mass is 16.3. The Hall–Kier alpha value is -0.870. The third kappa shape index (κ3) is 2.54. The van der Waals surface area contributed by atoms with E-state index >= 15 is 0 Å². The van der Waals surface area contributed by atoms with Crippen LogP contribution in [0.3, 0.4) is 0 Å². The van der Waals surface area contributed by atoms with Crippen LogP contribution in [-0.2, 0) is 4.79 Å². The van der Waals surface area contributed by atoms with E-state index in [2.05, 4.69) is 11.5 Å². The summed E-state index contributed by atoms with van der Waals surface area (Å²) >= 11 is 0. The third-order valence-corrected chi connectivity index (χ3v) is 2.28. The maximum Gasteiger partial charge on any atom is 0.251 e. The van der Waals surface area contributed by atoms with Gasteiger partial charge >= 0.3 is 0 Å². The van der Waals surface area contributed by atoms with E-state index in [0.29, 0.717) is 0 Å². The van der Waals surface area contributed by atoms with E-state index in [0.717, 1.165) is 26.2 Å². The van der Waals surface area contributed by atoms with Gasteiger partial charge in [-0.3, -0.25) is 4.79 Å². The molecule has 4 nitrogen and oxygen atoms in total. The molecule has 0 unspecified atom stereocenters. The molecule has 0 aromatic carbocycles. The number of carbonyl (C=O) groups excluding carboxylic acids is 1. The van der Waals surface area contributed by atoms with Crippen LogP contribution in [0.2, 0.25) is 0 Å². The van der Waals surface area contributed by atoms with E-state index in [9.17, 15) is 4.79 Å². The third-order valence-electron chi connectivity index (χ3n) is 2.28. The van der Waals surface area contributed by atoms with Crippen molar-refractivity contribution in [2.75, 3.05) is 39.8 Å². The monoisotopic (exact) mass is 184 g/mol. The van der Waals surface area contributed by atoms with Gasteiger partial charge in [0.15, 0.2) is 0 Å². The van der Waals surface area contributed by atoms with Crippen LogP contribution in [0.15, 0.2) is 12.2 Å². The number of hydrogen-bond acceptors (Lipinski definition) is 3. The van der Waals surface area contributed by atoms with Gasteiger partial charge in [-0.2, -0.15) is 0 Å². The van der Waals surface area contributed by atoms with Gasteiger partial charge < -0.3 is 14.9 Å². The largest absolute Gasteiger partial charge is 0.391 e. The highest BCUT2D eigenvalue weighted by Crippen LogP contribution is 2.03. The smallest absolute Gasteiger partial charge is 0.251 e. The highest BCUT2D eigenvalue weighted by Gasteiger charge is 2.20. The van der Waals surface area contributed by atoms with E-state index in [4.69, 9.17) is 5.11 Å². The average Bonchev–Trinajstić information content (AvgIpc) is 2.17. The molecule has 1 aliphatic rings. The average molecular weight is 184 g/mol. The van der Waals surface area contributed by atoms with Gasteiger partial charge in [0.05, 0.1) is 6.61 Å². The van der Waals surface area contributed by atoms with Gasteiger partial charge in [0.2, 0.25) is 0 Å². The van der Waals surface area contributed by atoms with Crippen molar-refractivity contribution in [2.24, 2.45) is 0 Å². The first-order valence-electron chi connectivity index (χ1n) is 4.41. The summed E-state index contributed by atoms with van der Waals surface area (Å²) in [5, 5.41) is 8.73. The first kappa shape index (κ1) is 10.2. The van der Waals surface area contributed by atoms with Gasteiger partial charge in [-0.1, -0.05) is 6.58 Å². The summed E-state index contributed by atoms with van der Waals surface area (Å²) in [5.41, 5.74) is 0.282. The molecule has 0 spiro atoms. The molecular formula is C9H16N2O2. The lowest BCUT2D eigenvalue weighted by Crippen LogP contribution is -2.47. The molecule has 0 radical (unpaired) electrons. The summed E-state index contributed by atoms with van der Waals surface area (Å²) in [6, 6.07) is 0. The summed E-state index contributed by atoms with van der Waals surface area (Å²) in [4.78, 5) is 15.4. The van der Waals surface area contributed by atoms with E-state index in [1.54, 1.807) is 4.90 Å². The fourth-order valence-electron chi connectivity index (χ4n) is 1.30. The quantitative estimate of drug-likeness (QED) is 0.578. The molecule has 1 N–H and O–H groups in total. The SMILES string of the molecule is C=C(CO)C(=O)N1CCN(C)CC1. The summed E-state index contributed by atoms with van der Waals surface area (Å²) in [6.07, 6.45) is 0. The number of nitrogens with zero attached hydrogens (tertiary/aromatic N) is 2. The fraction of sp³-hybridized carbons (Fsp3) is 0.667. The molecule has 4 heteroatoms. The zero-order chi connectivity index (χ0) is 9.84. The summed E-state index contributed by atoms with van der Waals surface area (Å²) in [6.45, 7) is 6.52. The van der Waals surface area contributed by atoms with Gasteiger partial charge in [-0.05, 0) is 7.05 Å². The minimum Gasteiger partial charge on any atom is -0.391 e. The van der Waals surface area contributed by atoms with Crippen LogP contribution in [0.1, 0.15) is 0 Å². The van der Waals surface area contributed by atoms with Crippen molar-refractivity contribution in [3.05, 3.63) is 12.2 Å². The number of likely N-dealkylation sites (N-methyl/N-ethyl adjacent to an activating group) is 1. The Morgan fingerprint density at radius 2 is 1.92 bits per heavy atom. The topological polar surface area (TPSA) is 43.8 Å². The van der Waals surface area contributed by atoms with Crippen molar-refractivity contribution in [3.63, 3.8) is 0 Å². The summed E-state index contributed by atoms with van der Waals surface area (Å²) < 4.78 is 0. The molecule has 1 fully saturated rings. The molecule has 1 aliphatic heterocycles. The van der Waals surface area contributed by atoms with E-state index in [1.807, 2.05) is 7.05 Å². The Bertz CT molecular complexity index is 208. The second kappa shape index (κ2) is 4.39. The predicted molar refractivity (Wildman–Crippen MR) is 50.3 cm³/mol. The lowest BCUT2D eigenvalue weighted by molar-refractivity contribution is -0.129. The summed E-state index contributed by atoms with van der Waals surface area (Å²) in [5.74, 6) is -0.115. The van der Waals surface area contributed by atoms with Gasteiger partial charge in [-0.25, -0.2) is 0 Å². The molecule has 13 heavy (non-hydrogen) atoms. The van der Waals surface area contributed by atoms with Crippen molar-refractivity contribution >= 4 is 5.91 Å². The summed E-state index contributed by atoms with van der Waals surface area (Å²) in [7, 11) is 2.03. The molecule has 0 atom stereocenters. The van der Waals surface area contributed by atoms with E-state index in [1.165, 1.54) is 0 Å². The molecule has 0 aliphatic carbocycles. The van der Waals surface area contributed by atoms with Crippen LogP contribution in [-0.4, -0.2) is 60.6 Å². The molecule has 0 saturated carbocycles. The highest BCUT2D eigenvalue weighted by molar-refractivity contribution is 5.93. The minimum atomic E-state index is -0.245. The number of rotatable bonds is 2. The molecule has 74 valence electrons. The Balaban J connectivity index is 2.44. The van der Waals surface area contributed by atoms with Crippen LogP contribution in [0.5, 0.6) is 0 Å². The van der Waals surface area contributed by atoms with Crippen LogP contribution in [0.4, 0.5) is 0 Å². The molecule has 1 amide bonds. The zero-order valence-electron chi connectivity index (χ0n) is 7.99. The molecule has 1 rings (SSSR count). The second-order valence-electron chi connectivity index (χ2n) is 3.36. The standard InChI is InChI=1S/C9H16N2O2/c1-8(7-12)9(13)11-5-3-10(2)4-6-11/h12H,1,3-7H2,2H3. The molecule has 1 saturated heterocycles.